The van der Waals surface area contributed by atoms with Crippen LogP contribution < -0.4 is 9.64 Å². The van der Waals surface area contributed by atoms with E-state index in [1.807, 2.05) is 62.5 Å². The Bertz CT molecular complexity index is 934. The quantitative estimate of drug-likeness (QED) is 0.723. The first-order valence-corrected chi connectivity index (χ1v) is 8.15. The predicted molar refractivity (Wildman–Crippen MR) is 94.8 cm³/mol. The van der Waals surface area contributed by atoms with Gasteiger partial charge in [-0.25, -0.2) is 4.98 Å². The van der Waals surface area contributed by atoms with E-state index in [9.17, 15) is 4.79 Å². The Morgan fingerprint density at radius 3 is 2.76 bits per heavy atom. The number of anilines is 1. The van der Waals surface area contributed by atoms with Gasteiger partial charge in [-0.15, -0.1) is 0 Å². The molecule has 1 aliphatic rings. The van der Waals surface area contributed by atoms with Crippen molar-refractivity contribution in [3.63, 3.8) is 0 Å². The van der Waals surface area contributed by atoms with Crippen LogP contribution in [-0.2, 0) is 7.05 Å². The minimum Gasteiger partial charge on any atom is -0.474 e. The van der Waals surface area contributed by atoms with E-state index in [0.29, 0.717) is 30.4 Å². The van der Waals surface area contributed by atoms with Crippen LogP contribution in [-0.4, -0.2) is 33.8 Å². The van der Waals surface area contributed by atoms with Gasteiger partial charge in [0.25, 0.3) is 5.91 Å². The molecule has 0 unspecified atom stereocenters. The molecule has 3 heterocycles. The highest BCUT2D eigenvalue weighted by Gasteiger charge is 2.27. The summed E-state index contributed by atoms with van der Waals surface area (Å²) in [6.07, 6.45) is 0. The van der Waals surface area contributed by atoms with Crippen molar-refractivity contribution >= 4 is 11.6 Å². The van der Waals surface area contributed by atoms with Crippen molar-refractivity contribution in [1.82, 2.24) is 14.8 Å². The maximum absolute atomic E-state index is 13.0. The number of ether oxygens (including phenoxy) is 1. The van der Waals surface area contributed by atoms with Gasteiger partial charge in [-0.2, -0.15) is 5.10 Å². The maximum Gasteiger partial charge on any atom is 0.279 e. The fourth-order valence-corrected chi connectivity index (χ4v) is 2.99. The van der Waals surface area contributed by atoms with E-state index in [-0.39, 0.29) is 5.91 Å². The van der Waals surface area contributed by atoms with Gasteiger partial charge in [-0.1, -0.05) is 30.3 Å². The van der Waals surface area contributed by atoms with Crippen LogP contribution in [0.5, 0.6) is 5.88 Å². The fourth-order valence-electron chi connectivity index (χ4n) is 2.99. The fraction of sp³-hybridized carbons (Fsp3) is 0.211. The van der Waals surface area contributed by atoms with Crippen molar-refractivity contribution in [3.05, 3.63) is 59.9 Å². The van der Waals surface area contributed by atoms with Gasteiger partial charge in [-0.3, -0.25) is 14.4 Å². The van der Waals surface area contributed by atoms with Crippen LogP contribution in [0.1, 0.15) is 16.2 Å². The number of amides is 1. The number of fused-ring (bicyclic) bond motifs is 1. The number of hydrogen-bond donors (Lipinski definition) is 0. The molecule has 6 heteroatoms. The molecule has 0 radical (unpaired) electrons. The summed E-state index contributed by atoms with van der Waals surface area (Å²) < 4.78 is 7.32. The molecule has 4 rings (SSSR count). The zero-order valence-corrected chi connectivity index (χ0v) is 14.1. The molecule has 0 aliphatic carbocycles. The molecule has 126 valence electrons. The standard InChI is InChI=1S/C19H18N4O2/c1-13-8-9-16-18(20-13)25-11-10-23(16)19(24)15-12-17(22(2)21-15)14-6-4-3-5-7-14/h3-9,12H,10-11H2,1-2H3. The number of aryl methyl sites for hydroxylation is 2. The average molecular weight is 334 g/mol. The van der Waals surface area contributed by atoms with Gasteiger partial charge >= 0.3 is 0 Å². The van der Waals surface area contributed by atoms with Gasteiger partial charge in [0, 0.05) is 12.7 Å². The molecule has 0 N–H and O–H groups in total. The summed E-state index contributed by atoms with van der Waals surface area (Å²) in [5.41, 5.74) is 3.89. The Kier molecular flexibility index (Phi) is 3.72. The molecule has 1 amide bonds. The summed E-state index contributed by atoms with van der Waals surface area (Å²) in [6.45, 7) is 2.80. The van der Waals surface area contributed by atoms with Crippen molar-refractivity contribution < 1.29 is 9.53 Å². The van der Waals surface area contributed by atoms with Crippen LogP contribution in [0.15, 0.2) is 48.5 Å². The summed E-state index contributed by atoms with van der Waals surface area (Å²) in [6, 6.07) is 15.5. The first-order chi connectivity index (χ1) is 12.1. The summed E-state index contributed by atoms with van der Waals surface area (Å²) in [5, 5.41) is 4.42. The zero-order chi connectivity index (χ0) is 17.4. The van der Waals surface area contributed by atoms with Crippen LogP contribution >= 0.6 is 0 Å². The van der Waals surface area contributed by atoms with Crippen LogP contribution in [0.2, 0.25) is 0 Å². The molecule has 1 aromatic carbocycles. The van der Waals surface area contributed by atoms with Crippen molar-refractivity contribution in [3.8, 4) is 17.1 Å². The lowest BCUT2D eigenvalue weighted by atomic mass is 10.1. The van der Waals surface area contributed by atoms with Gasteiger partial charge in [0.15, 0.2) is 5.69 Å². The lowest BCUT2D eigenvalue weighted by Gasteiger charge is -2.28. The monoisotopic (exact) mass is 334 g/mol. The predicted octanol–water partition coefficient (Wildman–Crippen LogP) is 2.83. The highest BCUT2D eigenvalue weighted by atomic mass is 16.5. The van der Waals surface area contributed by atoms with E-state index in [4.69, 9.17) is 4.74 Å². The number of carbonyl (C=O) groups excluding carboxylic acids is 1. The second kappa shape index (κ2) is 6.05. The Morgan fingerprint density at radius 2 is 1.96 bits per heavy atom. The van der Waals surface area contributed by atoms with Crippen LogP contribution in [0.3, 0.4) is 0 Å². The molecule has 3 aromatic rings. The van der Waals surface area contributed by atoms with Gasteiger partial charge in [0.05, 0.1) is 12.2 Å². The van der Waals surface area contributed by atoms with Gasteiger partial charge in [0.1, 0.15) is 12.3 Å². The Hall–Kier alpha value is -3.15. The topological polar surface area (TPSA) is 60.2 Å². The zero-order valence-electron chi connectivity index (χ0n) is 14.1. The van der Waals surface area contributed by atoms with Crippen molar-refractivity contribution in [2.75, 3.05) is 18.1 Å². The first kappa shape index (κ1) is 15.4. The molecule has 0 fully saturated rings. The smallest absolute Gasteiger partial charge is 0.279 e. The number of pyridine rings is 1. The van der Waals surface area contributed by atoms with E-state index in [0.717, 1.165) is 17.0 Å². The number of nitrogens with zero attached hydrogens (tertiary/aromatic N) is 4. The lowest BCUT2D eigenvalue weighted by Crippen LogP contribution is -2.38. The summed E-state index contributed by atoms with van der Waals surface area (Å²) in [5.74, 6) is 0.354. The van der Waals surface area contributed by atoms with E-state index >= 15 is 0 Å². The largest absolute Gasteiger partial charge is 0.474 e. The summed E-state index contributed by atoms with van der Waals surface area (Å²) in [4.78, 5) is 19.1. The second-order valence-corrected chi connectivity index (χ2v) is 5.99. The van der Waals surface area contributed by atoms with E-state index < -0.39 is 0 Å². The van der Waals surface area contributed by atoms with Crippen LogP contribution in [0.25, 0.3) is 11.3 Å². The number of aromatic nitrogens is 3. The van der Waals surface area contributed by atoms with Crippen molar-refractivity contribution in [2.45, 2.75) is 6.92 Å². The van der Waals surface area contributed by atoms with Crippen molar-refractivity contribution in [1.29, 1.82) is 0 Å². The molecule has 2 aromatic heterocycles. The number of rotatable bonds is 2. The van der Waals surface area contributed by atoms with E-state index in [2.05, 4.69) is 10.1 Å². The number of carbonyl (C=O) groups is 1. The highest BCUT2D eigenvalue weighted by molar-refractivity contribution is 6.06. The average Bonchev–Trinajstić information content (AvgIpc) is 3.03. The minimum absolute atomic E-state index is 0.145. The molecule has 25 heavy (non-hydrogen) atoms. The number of benzene rings is 1. The lowest BCUT2D eigenvalue weighted by molar-refractivity contribution is 0.0970. The molecular formula is C19H18N4O2. The van der Waals surface area contributed by atoms with E-state index in [1.54, 1.807) is 9.58 Å². The Balaban J connectivity index is 1.69. The third kappa shape index (κ3) is 2.76. The summed E-state index contributed by atoms with van der Waals surface area (Å²) >= 11 is 0. The van der Waals surface area contributed by atoms with Crippen molar-refractivity contribution in [2.24, 2.45) is 7.05 Å². The molecule has 0 saturated carbocycles. The normalized spacial score (nSPS) is 13.3. The Labute approximate surface area is 145 Å². The SMILES string of the molecule is Cc1ccc2c(n1)OCCN2C(=O)c1cc(-c2ccccc2)n(C)n1. The molecular weight excluding hydrogens is 316 g/mol. The molecule has 0 saturated heterocycles. The molecule has 0 spiro atoms. The second-order valence-electron chi connectivity index (χ2n) is 5.99. The molecule has 0 bridgehead atoms. The minimum atomic E-state index is -0.145. The van der Waals surface area contributed by atoms with Gasteiger partial charge < -0.3 is 4.74 Å². The Morgan fingerprint density at radius 1 is 1.16 bits per heavy atom. The molecule has 0 atom stereocenters. The number of hydrogen-bond acceptors (Lipinski definition) is 4. The van der Waals surface area contributed by atoms with Gasteiger partial charge in [-0.05, 0) is 30.7 Å². The maximum atomic E-state index is 13.0. The summed E-state index contributed by atoms with van der Waals surface area (Å²) in [7, 11) is 1.84. The molecule has 1 aliphatic heterocycles. The first-order valence-electron chi connectivity index (χ1n) is 8.15. The van der Waals surface area contributed by atoms with E-state index in [1.165, 1.54) is 0 Å². The molecule has 6 nitrogen and oxygen atoms in total. The van der Waals surface area contributed by atoms with Crippen LogP contribution in [0, 0.1) is 6.92 Å². The highest BCUT2D eigenvalue weighted by Crippen LogP contribution is 2.31. The third-order valence-corrected chi connectivity index (χ3v) is 4.24. The van der Waals surface area contributed by atoms with Gasteiger partial charge in [0.2, 0.25) is 5.88 Å². The third-order valence-electron chi connectivity index (χ3n) is 4.24. The van der Waals surface area contributed by atoms with Crippen LogP contribution in [0.4, 0.5) is 5.69 Å².